The summed E-state index contributed by atoms with van der Waals surface area (Å²) >= 11 is 0. The van der Waals surface area contributed by atoms with E-state index in [1.165, 1.54) is 5.56 Å². The number of hydrogen-bond acceptors (Lipinski definition) is 5. The summed E-state index contributed by atoms with van der Waals surface area (Å²) in [4.78, 5) is 30.2. The maximum Gasteiger partial charge on any atom is 0.227 e. The van der Waals surface area contributed by atoms with Gasteiger partial charge in [0.1, 0.15) is 12.4 Å². The van der Waals surface area contributed by atoms with E-state index in [-0.39, 0.29) is 24.3 Å². The first kappa shape index (κ1) is 28.3. The van der Waals surface area contributed by atoms with Crippen LogP contribution in [0.5, 0.6) is 5.75 Å². The molecule has 3 aromatic rings. The SMILES string of the molecule is CNCCOCCN(C)C(=O)CC1Cc2ccccc2CN1C(=O)Cc1ccc(OCc2ccccc2)cc1. The van der Waals surface area contributed by atoms with E-state index in [4.69, 9.17) is 9.47 Å². The zero-order valence-electron chi connectivity index (χ0n) is 23.0. The van der Waals surface area contributed by atoms with Crippen LogP contribution in [0.3, 0.4) is 0 Å². The zero-order valence-corrected chi connectivity index (χ0v) is 23.0. The molecule has 0 aliphatic carbocycles. The number of likely N-dealkylation sites (N-methyl/N-ethyl adjacent to an activating group) is 2. The van der Waals surface area contributed by atoms with Crippen molar-refractivity contribution in [3.8, 4) is 5.75 Å². The number of nitrogens with one attached hydrogen (secondary N) is 1. The van der Waals surface area contributed by atoms with Crippen LogP contribution in [0, 0.1) is 0 Å². The molecular formula is C32H39N3O4. The number of rotatable bonds is 13. The Bertz CT molecular complexity index is 1200. The van der Waals surface area contributed by atoms with Crippen molar-refractivity contribution in [3.63, 3.8) is 0 Å². The maximum absolute atomic E-state index is 13.6. The highest BCUT2D eigenvalue weighted by atomic mass is 16.5. The van der Waals surface area contributed by atoms with Gasteiger partial charge in [-0.1, -0.05) is 66.7 Å². The Kier molecular flexibility index (Phi) is 10.5. The summed E-state index contributed by atoms with van der Waals surface area (Å²) in [6, 6.07) is 25.7. The van der Waals surface area contributed by atoms with Gasteiger partial charge in [-0.3, -0.25) is 9.59 Å². The fourth-order valence-corrected chi connectivity index (χ4v) is 4.74. The highest BCUT2D eigenvalue weighted by molar-refractivity contribution is 5.82. The predicted octanol–water partition coefficient (Wildman–Crippen LogP) is 3.85. The minimum Gasteiger partial charge on any atom is -0.489 e. The van der Waals surface area contributed by atoms with E-state index in [1.54, 1.807) is 11.9 Å². The lowest BCUT2D eigenvalue weighted by molar-refractivity contribution is -0.137. The van der Waals surface area contributed by atoms with Gasteiger partial charge < -0.3 is 24.6 Å². The lowest BCUT2D eigenvalue weighted by Gasteiger charge is -2.37. The fourth-order valence-electron chi connectivity index (χ4n) is 4.74. The molecule has 0 radical (unpaired) electrons. The van der Waals surface area contributed by atoms with Crippen molar-refractivity contribution in [2.24, 2.45) is 0 Å². The second kappa shape index (κ2) is 14.5. The topological polar surface area (TPSA) is 71.1 Å². The average molecular weight is 530 g/mol. The van der Waals surface area contributed by atoms with Gasteiger partial charge in [-0.25, -0.2) is 0 Å². The molecule has 0 saturated heterocycles. The highest BCUT2D eigenvalue weighted by Gasteiger charge is 2.31. The minimum atomic E-state index is -0.180. The van der Waals surface area contributed by atoms with Crippen molar-refractivity contribution >= 4 is 11.8 Å². The Morgan fingerprint density at radius 2 is 1.64 bits per heavy atom. The standard InChI is InChI=1S/C32H39N3O4/c1-33-16-18-38-19-17-34(2)31(36)22-29-21-27-10-6-7-11-28(27)23-35(29)32(37)20-25-12-14-30(15-13-25)39-24-26-8-4-3-5-9-26/h3-15,29,33H,16-24H2,1-2H3. The second-order valence-electron chi connectivity index (χ2n) is 9.98. The van der Waals surface area contributed by atoms with Crippen molar-refractivity contribution < 1.29 is 19.1 Å². The summed E-state index contributed by atoms with van der Waals surface area (Å²) in [5.41, 5.74) is 4.38. The molecule has 3 aromatic carbocycles. The number of ether oxygens (including phenoxy) is 2. The van der Waals surface area contributed by atoms with Crippen molar-refractivity contribution in [3.05, 3.63) is 101 Å². The molecule has 1 N–H and O–H groups in total. The zero-order chi connectivity index (χ0) is 27.5. The molecule has 0 saturated carbocycles. The van der Waals surface area contributed by atoms with E-state index in [9.17, 15) is 9.59 Å². The summed E-state index contributed by atoms with van der Waals surface area (Å²) in [6.07, 6.45) is 1.24. The van der Waals surface area contributed by atoms with Crippen LogP contribution in [-0.2, 0) is 40.3 Å². The van der Waals surface area contributed by atoms with Gasteiger partial charge in [-0.15, -0.1) is 0 Å². The average Bonchev–Trinajstić information content (AvgIpc) is 2.96. The first-order valence-electron chi connectivity index (χ1n) is 13.6. The van der Waals surface area contributed by atoms with Gasteiger partial charge in [0.15, 0.2) is 0 Å². The minimum absolute atomic E-state index is 0.0225. The Morgan fingerprint density at radius 3 is 2.38 bits per heavy atom. The lowest BCUT2D eigenvalue weighted by atomic mass is 9.91. The number of benzene rings is 3. The first-order valence-corrected chi connectivity index (χ1v) is 13.6. The third-order valence-corrected chi connectivity index (χ3v) is 7.11. The van der Waals surface area contributed by atoms with Crippen LogP contribution < -0.4 is 10.1 Å². The van der Waals surface area contributed by atoms with Gasteiger partial charge in [0.2, 0.25) is 11.8 Å². The molecule has 39 heavy (non-hydrogen) atoms. The third kappa shape index (κ3) is 8.40. The van der Waals surface area contributed by atoms with Crippen LogP contribution in [0.15, 0.2) is 78.9 Å². The number of hydrogen-bond donors (Lipinski definition) is 1. The Morgan fingerprint density at radius 1 is 0.923 bits per heavy atom. The molecule has 1 atom stereocenters. The van der Waals surface area contributed by atoms with Gasteiger partial charge in [-0.2, -0.15) is 0 Å². The lowest BCUT2D eigenvalue weighted by Crippen LogP contribution is -2.47. The third-order valence-electron chi connectivity index (χ3n) is 7.11. The number of nitrogens with zero attached hydrogens (tertiary/aromatic N) is 2. The second-order valence-corrected chi connectivity index (χ2v) is 9.98. The molecule has 0 fully saturated rings. The smallest absolute Gasteiger partial charge is 0.227 e. The molecule has 1 aliphatic heterocycles. The molecule has 1 heterocycles. The Balaban J connectivity index is 1.36. The van der Waals surface area contributed by atoms with E-state index in [0.29, 0.717) is 45.8 Å². The summed E-state index contributed by atoms with van der Waals surface area (Å²) in [7, 11) is 3.68. The molecule has 0 aromatic heterocycles. The molecule has 206 valence electrons. The monoisotopic (exact) mass is 529 g/mol. The quantitative estimate of drug-likeness (QED) is 0.341. The van der Waals surface area contributed by atoms with Crippen LogP contribution in [0.2, 0.25) is 0 Å². The Hall–Kier alpha value is -3.68. The van der Waals surface area contributed by atoms with E-state index < -0.39 is 0 Å². The highest BCUT2D eigenvalue weighted by Crippen LogP contribution is 2.26. The van der Waals surface area contributed by atoms with Crippen LogP contribution in [0.25, 0.3) is 0 Å². The van der Waals surface area contributed by atoms with E-state index >= 15 is 0 Å². The number of carbonyl (C=O) groups is 2. The van der Waals surface area contributed by atoms with Gasteiger partial charge in [0, 0.05) is 39.1 Å². The Labute approximate surface area is 231 Å². The van der Waals surface area contributed by atoms with Crippen LogP contribution in [-0.4, -0.2) is 68.1 Å². The molecule has 7 heteroatoms. The number of carbonyl (C=O) groups excluding carboxylic acids is 2. The molecule has 0 bridgehead atoms. The number of amides is 2. The molecular weight excluding hydrogens is 490 g/mol. The van der Waals surface area contributed by atoms with Crippen molar-refractivity contribution in [1.29, 1.82) is 0 Å². The summed E-state index contributed by atoms with van der Waals surface area (Å²) in [6.45, 7) is 3.42. The van der Waals surface area contributed by atoms with Crippen molar-refractivity contribution in [1.82, 2.24) is 15.1 Å². The summed E-state index contributed by atoms with van der Waals surface area (Å²) in [5, 5.41) is 3.04. The normalized spacial score (nSPS) is 14.5. The molecule has 4 rings (SSSR count). The molecule has 1 unspecified atom stereocenters. The first-order chi connectivity index (χ1) is 19.0. The van der Waals surface area contributed by atoms with Crippen LogP contribution in [0.4, 0.5) is 0 Å². The summed E-state index contributed by atoms with van der Waals surface area (Å²) in [5.74, 6) is 0.816. The molecule has 1 aliphatic rings. The van der Waals surface area contributed by atoms with Gasteiger partial charge in [-0.05, 0) is 47.9 Å². The van der Waals surface area contributed by atoms with Gasteiger partial charge in [0.25, 0.3) is 0 Å². The van der Waals surface area contributed by atoms with Gasteiger partial charge >= 0.3 is 0 Å². The fraction of sp³-hybridized carbons (Fsp3) is 0.375. The predicted molar refractivity (Wildman–Crippen MR) is 152 cm³/mol. The number of fused-ring (bicyclic) bond motifs is 1. The van der Waals surface area contributed by atoms with Crippen LogP contribution in [0.1, 0.15) is 28.7 Å². The van der Waals surface area contributed by atoms with Crippen molar-refractivity contribution in [2.45, 2.75) is 38.5 Å². The van der Waals surface area contributed by atoms with E-state index in [0.717, 1.165) is 29.0 Å². The maximum atomic E-state index is 13.6. The van der Waals surface area contributed by atoms with E-state index in [1.807, 2.05) is 78.7 Å². The molecule has 0 spiro atoms. The van der Waals surface area contributed by atoms with Gasteiger partial charge in [0.05, 0.1) is 19.6 Å². The molecule has 2 amide bonds. The molecule has 7 nitrogen and oxygen atoms in total. The van der Waals surface area contributed by atoms with Crippen LogP contribution >= 0.6 is 0 Å². The van der Waals surface area contributed by atoms with Crippen molar-refractivity contribution in [2.75, 3.05) is 40.4 Å². The largest absolute Gasteiger partial charge is 0.489 e. The van der Waals surface area contributed by atoms with E-state index in [2.05, 4.69) is 17.4 Å². The summed E-state index contributed by atoms with van der Waals surface area (Å²) < 4.78 is 11.5.